The number of carbonyl (C=O) groups is 1. The van der Waals surface area contributed by atoms with E-state index in [9.17, 15) is 4.79 Å². The molecular weight excluding hydrogens is 477 g/mol. The van der Waals surface area contributed by atoms with E-state index in [4.69, 9.17) is 27.9 Å². The van der Waals surface area contributed by atoms with Crippen LogP contribution in [0.2, 0.25) is 10.0 Å². The lowest BCUT2D eigenvalue weighted by Gasteiger charge is -2.15. The summed E-state index contributed by atoms with van der Waals surface area (Å²) in [6.07, 6.45) is 0. The number of aromatic amines is 1. The summed E-state index contributed by atoms with van der Waals surface area (Å²) < 4.78 is 5.82. The second kappa shape index (κ2) is 10.1. The highest BCUT2D eigenvalue weighted by Crippen LogP contribution is 2.37. The van der Waals surface area contributed by atoms with Gasteiger partial charge < -0.3 is 4.74 Å². The predicted molar refractivity (Wildman–Crippen MR) is 123 cm³/mol. The first-order chi connectivity index (χ1) is 15.1. The molecule has 0 radical (unpaired) electrons. The van der Waals surface area contributed by atoms with Crippen molar-refractivity contribution in [1.82, 2.24) is 20.6 Å². The zero-order valence-electron chi connectivity index (χ0n) is 15.8. The van der Waals surface area contributed by atoms with Gasteiger partial charge in [-0.05, 0) is 69.2 Å². The van der Waals surface area contributed by atoms with Crippen molar-refractivity contribution in [2.75, 3.05) is 5.32 Å². The Morgan fingerprint density at radius 2 is 1.94 bits per heavy atom. The molecule has 2 N–H and O–H groups in total. The van der Waals surface area contributed by atoms with Crippen LogP contribution in [0, 0.1) is 0 Å². The van der Waals surface area contributed by atoms with Crippen LogP contribution in [0.5, 0.6) is 5.75 Å². The molecule has 1 amide bonds. The third kappa shape index (κ3) is 5.56. The van der Waals surface area contributed by atoms with Crippen molar-refractivity contribution in [2.24, 2.45) is 0 Å². The predicted octanol–water partition coefficient (Wildman–Crippen LogP) is 5.62. The van der Waals surface area contributed by atoms with Crippen molar-refractivity contribution in [1.29, 1.82) is 0 Å². The number of nitrogens with zero attached hydrogens (tertiary/aromatic N) is 3. The second-order valence-electron chi connectivity index (χ2n) is 6.25. The normalized spacial score (nSPS) is 11.8. The van der Waals surface area contributed by atoms with Gasteiger partial charge in [-0.1, -0.05) is 34.4 Å². The van der Waals surface area contributed by atoms with Crippen LogP contribution < -0.4 is 10.1 Å². The van der Waals surface area contributed by atoms with Crippen molar-refractivity contribution in [3.8, 4) is 5.75 Å². The Balaban J connectivity index is 1.43. The molecule has 4 aromatic rings. The molecule has 0 spiro atoms. The van der Waals surface area contributed by atoms with Crippen LogP contribution in [-0.4, -0.2) is 26.5 Å². The maximum atomic E-state index is 12.8. The molecule has 4 rings (SSSR count). The van der Waals surface area contributed by atoms with Crippen LogP contribution in [0.15, 0.2) is 64.2 Å². The minimum Gasteiger partial charge on any atom is -0.489 e. The van der Waals surface area contributed by atoms with Gasteiger partial charge in [-0.2, -0.15) is 11.3 Å². The summed E-state index contributed by atoms with van der Waals surface area (Å²) in [4.78, 5) is 13.7. The fraction of sp³-hybridized carbons (Fsp3) is 0.100. The smallest absolute Gasteiger partial charge is 0.246 e. The maximum absolute atomic E-state index is 12.8. The Morgan fingerprint density at radius 1 is 1.16 bits per heavy atom. The maximum Gasteiger partial charge on any atom is 0.246 e. The van der Waals surface area contributed by atoms with Gasteiger partial charge in [-0.15, -0.1) is 11.8 Å². The number of carbonyl (C=O) groups excluding carboxylic acids is 1. The molecule has 2 heterocycles. The first kappa shape index (κ1) is 21.6. The minimum absolute atomic E-state index is 0.202. The monoisotopic (exact) mass is 491 g/mol. The summed E-state index contributed by atoms with van der Waals surface area (Å²) in [5.74, 6) is 0.646. The fourth-order valence-electron chi connectivity index (χ4n) is 2.67. The Labute approximate surface area is 196 Å². The van der Waals surface area contributed by atoms with E-state index in [0.29, 0.717) is 15.8 Å². The van der Waals surface area contributed by atoms with Gasteiger partial charge in [-0.3, -0.25) is 10.1 Å². The van der Waals surface area contributed by atoms with E-state index in [1.54, 1.807) is 18.2 Å². The molecule has 0 bridgehead atoms. The summed E-state index contributed by atoms with van der Waals surface area (Å²) in [6.45, 7) is 0.260. The number of hydrogen-bond donors (Lipinski definition) is 2. The quantitative estimate of drug-likeness (QED) is 0.310. The van der Waals surface area contributed by atoms with E-state index in [0.717, 1.165) is 16.0 Å². The van der Waals surface area contributed by atoms with Crippen molar-refractivity contribution in [3.63, 3.8) is 0 Å². The average Bonchev–Trinajstić information content (AvgIpc) is 3.47. The molecule has 11 heteroatoms. The number of amides is 1. The van der Waals surface area contributed by atoms with E-state index < -0.39 is 5.25 Å². The molecule has 0 saturated heterocycles. The first-order valence-electron chi connectivity index (χ1n) is 8.99. The lowest BCUT2D eigenvalue weighted by atomic mass is 10.2. The standard InChI is InChI=1S/C20H15Cl2N5O2S2/c21-16-2-1-3-17(22)15(16)10-29-13-4-6-14(7-5-13)31-18(12-8-9-30-11-12)19(28)23-20-24-26-27-25-20/h1-9,11,18H,10H2,(H2,23,24,25,26,27,28). The van der Waals surface area contributed by atoms with Gasteiger partial charge in [0.1, 0.15) is 17.6 Å². The van der Waals surface area contributed by atoms with Crippen LogP contribution in [0.4, 0.5) is 5.95 Å². The molecule has 0 aliphatic rings. The van der Waals surface area contributed by atoms with E-state index in [1.165, 1.54) is 23.1 Å². The molecule has 2 aromatic carbocycles. The first-order valence-corrected chi connectivity index (χ1v) is 11.6. The van der Waals surface area contributed by atoms with Crippen molar-refractivity contribution in [3.05, 3.63) is 80.5 Å². The summed E-state index contributed by atoms with van der Waals surface area (Å²) in [5.41, 5.74) is 1.63. The zero-order valence-corrected chi connectivity index (χ0v) is 18.9. The molecule has 0 aliphatic heterocycles. The van der Waals surface area contributed by atoms with E-state index in [2.05, 4.69) is 25.9 Å². The number of hydrogen-bond acceptors (Lipinski definition) is 7. The van der Waals surface area contributed by atoms with Gasteiger partial charge in [-0.25, -0.2) is 5.10 Å². The lowest BCUT2D eigenvalue weighted by molar-refractivity contribution is -0.115. The van der Waals surface area contributed by atoms with Gasteiger partial charge in [0, 0.05) is 20.5 Å². The highest BCUT2D eigenvalue weighted by atomic mass is 35.5. The molecule has 1 atom stereocenters. The van der Waals surface area contributed by atoms with Crippen LogP contribution in [-0.2, 0) is 11.4 Å². The molecule has 0 fully saturated rings. The second-order valence-corrected chi connectivity index (χ2v) is 9.03. The Bertz CT molecular complexity index is 1120. The minimum atomic E-state index is -0.468. The van der Waals surface area contributed by atoms with Gasteiger partial charge in [0.05, 0.1) is 0 Å². The van der Waals surface area contributed by atoms with E-state index in [-0.39, 0.29) is 18.5 Å². The van der Waals surface area contributed by atoms with Crippen molar-refractivity contribution >= 4 is 58.2 Å². The number of tetrazole rings is 1. The summed E-state index contributed by atoms with van der Waals surface area (Å²) >= 11 is 15.3. The van der Waals surface area contributed by atoms with Crippen molar-refractivity contribution in [2.45, 2.75) is 16.8 Å². The van der Waals surface area contributed by atoms with Gasteiger partial charge >= 0.3 is 0 Å². The molecule has 1 unspecified atom stereocenters. The van der Waals surface area contributed by atoms with E-state index in [1.807, 2.05) is 41.1 Å². The van der Waals surface area contributed by atoms with Crippen LogP contribution in [0.25, 0.3) is 0 Å². The number of thioether (sulfide) groups is 1. The Kier molecular flexibility index (Phi) is 7.08. The molecule has 2 aromatic heterocycles. The Hall–Kier alpha value is -2.59. The molecule has 0 saturated carbocycles. The average molecular weight is 492 g/mol. The lowest BCUT2D eigenvalue weighted by Crippen LogP contribution is -2.19. The van der Waals surface area contributed by atoms with E-state index >= 15 is 0 Å². The highest BCUT2D eigenvalue weighted by Gasteiger charge is 2.23. The summed E-state index contributed by atoms with van der Waals surface area (Å²) in [6, 6.07) is 14.7. The third-order valence-corrected chi connectivity index (χ3v) is 6.87. The number of H-pyrrole nitrogens is 1. The number of ether oxygens (including phenoxy) is 1. The molecule has 158 valence electrons. The van der Waals surface area contributed by atoms with Crippen LogP contribution in [0.3, 0.4) is 0 Å². The summed E-state index contributed by atoms with van der Waals surface area (Å²) in [7, 11) is 0. The molecule has 0 aliphatic carbocycles. The number of aromatic nitrogens is 4. The largest absolute Gasteiger partial charge is 0.489 e. The summed E-state index contributed by atoms with van der Waals surface area (Å²) in [5, 5.41) is 20.4. The van der Waals surface area contributed by atoms with Crippen LogP contribution >= 0.6 is 46.3 Å². The van der Waals surface area contributed by atoms with Gasteiger partial charge in [0.2, 0.25) is 11.9 Å². The number of nitrogens with one attached hydrogen (secondary N) is 2. The number of rotatable bonds is 8. The number of thiophene rings is 1. The van der Waals surface area contributed by atoms with Gasteiger partial charge in [0.25, 0.3) is 0 Å². The van der Waals surface area contributed by atoms with Crippen LogP contribution in [0.1, 0.15) is 16.4 Å². The number of anilines is 1. The molecule has 31 heavy (non-hydrogen) atoms. The van der Waals surface area contributed by atoms with Gasteiger partial charge in [0.15, 0.2) is 0 Å². The molecular formula is C20H15Cl2N5O2S2. The number of halogens is 2. The molecule has 7 nitrogen and oxygen atoms in total. The SMILES string of the molecule is O=C(Nc1nnn[nH]1)C(Sc1ccc(OCc2c(Cl)cccc2Cl)cc1)c1ccsc1. The number of benzene rings is 2. The fourth-order valence-corrected chi connectivity index (χ4v) is 4.96. The topological polar surface area (TPSA) is 92.8 Å². The Morgan fingerprint density at radius 3 is 2.58 bits per heavy atom. The van der Waals surface area contributed by atoms with Crippen molar-refractivity contribution < 1.29 is 9.53 Å². The zero-order chi connectivity index (χ0) is 21.6. The highest BCUT2D eigenvalue weighted by molar-refractivity contribution is 8.00. The third-order valence-electron chi connectivity index (χ3n) is 4.19.